The molecule has 2 N–H and O–H groups in total. The zero-order valence-electron chi connectivity index (χ0n) is 18.1. The first kappa shape index (κ1) is 23.6. The SMILES string of the molecule is O=C(O)CN(CC(F)(F)F)C(=O)C1(CNC(=O)OCC2c3ccccc3-c3ccccc32)CC1. The number of halogens is 3. The molecule has 2 amide bonds. The van der Waals surface area contributed by atoms with Crippen molar-refractivity contribution in [1.29, 1.82) is 0 Å². The molecule has 7 nitrogen and oxygen atoms in total. The number of carboxylic acids is 1. The maximum atomic E-state index is 12.8. The minimum atomic E-state index is -4.73. The number of alkyl halides is 3. The number of fused-ring (bicyclic) bond motifs is 3. The Morgan fingerprint density at radius 2 is 1.59 bits per heavy atom. The second-order valence-electron chi connectivity index (χ2n) is 8.63. The van der Waals surface area contributed by atoms with E-state index in [1.54, 1.807) is 0 Å². The molecule has 180 valence electrons. The van der Waals surface area contributed by atoms with Crippen LogP contribution in [0.3, 0.4) is 0 Å². The molecule has 0 saturated heterocycles. The number of amides is 2. The van der Waals surface area contributed by atoms with Crippen LogP contribution in [-0.4, -0.2) is 60.4 Å². The third-order valence-electron chi connectivity index (χ3n) is 6.21. The van der Waals surface area contributed by atoms with Gasteiger partial charge in [0.25, 0.3) is 0 Å². The Morgan fingerprint density at radius 1 is 1.03 bits per heavy atom. The molecule has 0 aromatic heterocycles. The van der Waals surface area contributed by atoms with Gasteiger partial charge in [0, 0.05) is 12.5 Å². The smallest absolute Gasteiger partial charge is 0.407 e. The standard InChI is InChI=1S/C24H23F3N2O5/c25-24(26,27)14-29(11-20(30)31)21(32)23(9-10-23)13-28-22(33)34-12-19-17-7-3-1-5-15(17)16-6-2-4-8-18(16)19/h1-8,19H,9-14H2,(H,28,33)(H,30,31). The summed E-state index contributed by atoms with van der Waals surface area (Å²) >= 11 is 0. The summed E-state index contributed by atoms with van der Waals surface area (Å²) in [4.78, 5) is 36.3. The molecule has 0 bridgehead atoms. The van der Waals surface area contributed by atoms with E-state index in [1.165, 1.54) is 0 Å². The van der Waals surface area contributed by atoms with Gasteiger partial charge in [-0.2, -0.15) is 13.2 Å². The van der Waals surface area contributed by atoms with E-state index in [9.17, 15) is 27.6 Å². The zero-order chi connectivity index (χ0) is 24.5. The number of nitrogens with one attached hydrogen (secondary N) is 1. The fourth-order valence-electron chi connectivity index (χ4n) is 4.42. The summed E-state index contributed by atoms with van der Waals surface area (Å²) in [5.74, 6) is -2.64. The van der Waals surface area contributed by atoms with Crippen molar-refractivity contribution >= 4 is 18.0 Å². The highest BCUT2D eigenvalue weighted by Crippen LogP contribution is 2.47. The van der Waals surface area contributed by atoms with E-state index in [2.05, 4.69) is 5.32 Å². The minimum Gasteiger partial charge on any atom is -0.480 e. The van der Waals surface area contributed by atoms with Crippen LogP contribution in [0, 0.1) is 5.41 Å². The average molecular weight is 476 g/mol. The van der Waals surface area contributed by atoms with E-state index in [1.807, 2.05) is 48.5 Å². The highest BCUT2D eigenvalue weighted by Gasteiger charge is 2.53. The van der Waals surface area contributed by atoms with Crippen molar-refractivity contribution in [2.75, 3.05) is 26.2 Å². The fourth-order valence-corrected chi connectivity index (χ4v) is 4.42. The molecule has 1 saturated carbocycles. The first-order chi connectivity index (χ1) is 16.1. The van der Waals surface area contributed by atoms with Crippen LogP contribution in [0.5, 0.6) is 0 Å². The average Bonchev–Trinajstić information content (AvgIpc) is 3.51. The Bertz CT molecular complexity index is 1070. The van der Waals surface area contributed by atoms with Gasteiger partial charge >= 0.3 is 18.2 Å². The second kappa shape index (κ2) is 9.00. The van der Waals surface area contributed by atoms with E-state index >= 15 is 0 Å². The largest absolute Gasteiger partial charge is 0.480 e. The van der Waals surface area contributed by atoms with Gasteiger partial charge in [-0.15, -0.1) is 0 Å². The number of hydrogen-bond acceptors (Lipinski definition) is 4. The molecule has 0 radical (unpaired) electrons. The number of carboxylic acid groups (broad SMARTS) is 1. The van der Waals surface area contributed by atoms with Crippen molar-refractivity contribution < 1.29 is 37.4 Å². The number of ether oxygens (including phenoxy) is 1. The molecule has 2 aliphatic carbocycles. The Kier molecular flexibility index (Phi) is 6.24. The number of rotatable bonds is 8. The quantitative estimate of drug-likeness (QED) is 0.605. The molecule has 1 fully saturated rings. The van der Waals surface area contributed by atoms with E-state index in [4.69, 9.17) is 9.84 Å². The fraction of sp³-hybridized carbons (Fsp3) is 0.375. The molecule has 2 aromatic rings. The Balaban J connectivity index is 1.36. The van der Waals surface area contributed by atoms with Gasteiger partial charge in [0.05, 0.1) is 5.41 Å². The van der Waals surface area contributed by atoms with Gasteiger partial charge < -0.3 is 20.1 Å². The first-order valence-electron chi connectivity index (χ1n) is 10.8. The molecule has 2 aliphatic rings. The molecule has 10 heteroatoms. The Hall–Kier alpha value is -3.56. The lowest BCUT2D eigenvalue weighted by molar-refractivity contribution is -0.168. The molecule has 2 aromatic carbocycles. The summed E-state index contributed by atoms with van der Waals surface area (Å²) in [6, 6.07) is 15.6. The molecule has 0 atom stereocenters. The van der Waals surface area contributed by atoms with Crippen molar-refractivity contribution in [3.8, 4) is 11.1 Å². The van der Waals surface area contributed by atoms with Crippen molar-refractivity contribution in [2.45, 2.75) is 24.9 Å². The summed E-state index contributed by atoms with van der Waals surface area (Å²) in [5, 5.41) is 11.4. The van der Waals surface area contributed by atoms with E-state index in [0.29, 0.717) is 0 Å². The minimum absolute atomic E-state index is 0.0556. The highest BCUT2D eigenvalue weighted by atomic mass is 19.4. The zero-order valence-corrected chi connectivity index (χ0v) is 18.1. The maximum Gasteiger partial charge on any atom is 0.407 e. The van der Waals surface area contributed by atoms with Crippen molar-refractivity contribution in [3.63, 3.8) is 0 Å². The van der Waals surface area contributed by atoms with Crippen LogP contribution in [0.4, 0.5) is 18.0 Å². The topological polar surface area (TPSA) is 95.9 Å². The van der Waals surface area contributed by atoms with Crippen molar-refractivity contribution in [3.05, 3.63) is 59.7 Å². The molecule has 0 heterocycles. The number of hydrogen-bond donors (Lipinski definition) is 2. The summed E-state index contributed by atoms with van der Waals surface area (Å²) in [6.07, 6.45) is -5.02. The van der Waals surface area contributed by atoms with Crippen molar-refractivity contribution in [1.82, 2.24) is 10.2 Å². The second-order valence-corrected chi connectivity index (χ2v) is 8.63. The summed E-state index contributed by atoms with van der Waals surface area (Å²) in [5.41, 5.74) is 2.95. The number of carbonyl (C=O) groups is 3. The van der Waals surface area contributed by atoms with Crippen LogP contribution in [0.15, 0.2) is 48.5 Å². The predicted octanol–water partition coefficient (Wildman–Crippen LogP) is 3.78. The van der Waals surface area contributed by atoms with E-state index in [0.717, 1.165) is 22.3 Å². The third-order valence-corrected chi connectivity index (χ3v) is 6.21. The highest BCUT2D eigenvalue weighted by molar-refractivity contribution is 5.89. The number of alkyl carbamates (subject to hydrolysis) is 1. The predicted molar refractivity (Wildman–Crippen MR) is 115 cm³/mol. The van der Waals surface area contributed by atoms with E-state index in [-0.39, 0.29) is 36.8 Å². The first-order valence-corrected chi connectivity index (χ1v) is 10.8. The molecule has 34 heavy (non-hydrogen) atoms. The summed E-state index contributed by atoms with van der Waals surface area (Å²) in [6.45, 7) is -2.90. The van der Waals surface area contributed by atoms with E-state index < -0.39 is 42.7 Å². The van der Waals surface area contributed by atoms with Gasteiger partial charge in [0.15, 0.2) is 0 Å². The van der Waals surface area contributed by atoms with Crippen LogP contribution in [0.1, 0.15) is 29.9 Å². The monoisotopic (exact) mass is 476 g/mol. The molecule has 0 aliphatic heterocycles. The van der Waals surface area contributed by atoms with Gasteiger partial charge in [0.1, 0.15) is 19.7 Å². The Labute approximate surface area is 193 Å². The number of nitrogens with zero attached hydrogens (tertiary/aromatic N) is 1. The van der Waals surface area contributed by atoms with Gasteiger partial charge in [0.2, 0.25) is 5.91 Å². The summed E-state index contributed by atoms with van der Waals surface area (Å²) in [7, 11) is 0. The molecular formula is C24H23F3N2O5. The lowest BCUT2D eigenvalue weighted by Crippen LogP contribution is -2.48. The maximum absolute atomic E-state index is 12.8. The van der Waals surface area contributed by atoms with Crippen molar-refractivity contribution in [2.24, 2.45) is 5.41 Å². The third kappa shape index (κ3) is 5.00. The number of benzene rings is 2. The van der Waals surface area contributed by atoms with Crippen LogP contribution in [-0.2, 0) is 14.3 Å². The normalized spacial score (nSPS) is 15.7. The van der Waals surface area contributed by atoms with Crippen LogP contribution in [0.25, 0.3) is 11.1 Å². The molecule has 4 rings (SSSR count). The van der Waals surface area contributed by atoms with Gasteiger partial charge in [-0.05, 0) is 35.1 Å². The number of carbonyl (C=O) groups excluding carboxylic acids is 2. The molecular weight excluding hydrogens is 453 g/mol. The molecule has 0 spiro atoms. The van der Waals surface area contributed by atoms with Gasteiger partial charge in [-0.3, -0.25) is 9.59 Å². The van der Waals surface area contributed by atoms with Crippen LogP contribution in [0.2, 0.25) is 0 Å². The lowest BCUT2D eigenvalue weighted by atomic mass is 9.98. The molecule has 0 unspecified atom stereocenters. The lowest BCUT2D eigenvalue weighted by Gasteiger charge is -2.27. The summed E-state index contributed by atoms with van der Waals surface area (Å²) < 4.78 is 43.9. The van der Waals surface area contributed by atoms with Crippen LogP contribution >= 0.6 is 0 Å². The Morgan fingerprint density at radius 3 is 2.09 bits per heavy atom. The van der Waals surface area contributed by atoms with Gasteiger partial charge in [-0.25, -0.2) is 4.79 Å². The number of aliphatic carboxylic acids is 1. The van der Waals surface area contributed by atoms with Crippen LogP contribution < -0.4 is 5.32 Å². The van der Waals surface area contributed by atoms with Gasteiger partial charge in [-0.1, -0.05) is 48.5 Å².